The number of amides is 1. The Bertz CT molecular complexity index is 651. The van der Waals surface area contributed by atoms with Gasteiger partial charge in [-0.3, -0.25) is 9.59 Å². The minimum atomic E-state index is -0.735. The summed E-state index contributed by atoms with van der Waals surface area (Å²) in [4.78, 5) is 25.1. The molecule has 1 amide bonds. The number of carbonyl (C=O) groups excluding carboxylic acids is 2. The lowest BCUT2D eigenvalue weighted by Crippen LogP contribution is -2.33. The molecule has 114 valence electrons. The molecule has 3 nitrogen and oxygen atoms in total. The van der Waals surface area contributed by atoms with Crippen molar-refractivity contribution in [3.05, 3.63) is 65.2 Å². The van der Waals surface area contributed by atoms with E-state index in [1.807, 2.05) is 32.0 Å². The van der Waals surface area contributed by atoms with E-state index < -0.39 is 5.92 Å². The van der Waals surface area contributed by atoms with Gasteiger partial charge in [-0.05, 0) is 42.3 Å². The SMILES string of the molecule is CC(C)C(C(=O)Nc1ccccc1)C(=O)c1ccc(Cl)cc1. The molecule has 1 N–H and O–H groups in total. The highest BCUT2D eigenvalue weighted by atomic mass is 35.5. The summed E-state index contributed by atoms with van der Waals surface area (Å²) in [6.45, 7) is 3.73. The first-order valence-corrected chi connectivity index (χ1v) is 7.52. The topological polar surface area (TPSA) is 46.2 Å². The Hall–Kier alpha value is -2.13. The van der Waals surface area contributed by atoms with E-state index in [0.717, 1.165) is 0 Å². The van der Waals surface area contributed by atoms with E-state index >= 15 is 0 Å². The van der Waals surface area contributed by atoms with Crippen LogP contribution in [-0.2, 0) is 4.79 Å². The van der Waals surface area contributed by atoms with Gasteiger partial charge in [0.2, 0.25) is 5.91 Å². The number of anilines is 1. The lowest BCUT2D eigenvalue weighted by Gasteiger charge is -2.19. The minimum Gasteiger partial charge on any atom is -0.325 e. The molecule has 1 unspecified atom stereocenters. The third kappa shape index (κ3) is 3.95. The van der Waals surface area contributed by atoms with Gasteiger partial charge in [0.25, 0.3) is 0 Å². The molecule has 0 heterocycles. The van der Waals surface area contributed by atoms with E-state index in [9.17, 15) is 9.59 Å². The largest absolute Gasteiger partial charge is 0.325 e. The van der Waals surface area contributed by atoms with Crippen LogP contribution in [0.4, 0.5) is 5.69 Å². The Morgan fingerprint density at radius 2 is 1.55 bits per heavy atom. The van der Waals surface area contributed by atoms with Crippen LogP contribution in [0.3, 0.4) is 0 Å². The van der Waals surface area contributed by atoms with Crippen LogP contribution in [0, 0.1) is 11.8 Å². The van der Waals surface area contributed by atoms with Gasteiger partial charge >= 0.3 is 0 Å². The number of halogens is 1. The molecular weight excluding hydrogens is 298 g/mol. The zero-order chi connectivity index (χ0) is 16.1. The molecule has 0 bridgehead atoms. The highest BCUT2D eigenvalue weighted by molar-refractivity contribution is 6.30. The average Bonchev–Trinajstić information content (AvgIpc) is 2.48. The van der Waals surface area contributed by atoms with Crippen molar-refractivity contribution in [2.45, 2.75) is 13.8 Å². The Balaban J connectivity index is 2.20. The van der Waals surface area contributed by atoms with E-state index in [4.69, 9.17) is 11.6 Å². The predicted molar refractivity (Wildman–Crippen MR) is 89.2 cm³/mol. The zero-order valence-corrected chi connectivity index (χ0v) is 13.3. The summed E-state index contributed by atoms with van der Waals surface area (Å²) < 4.78 is 0. The number of hydrogen-bond acceptors (Lipinski definition) is 2. The molecule has 0 aromatic heterocycles. The second-order valence-electron chi connectivity index (χ2n) is 5.45. The highest BCUT2D eigenvalue weighted by Gasteiger charge is 2.30. The lowest BCUT2D eigenvalue weighted by atomic mass is 9.87. The fraction of sp³-hybridized carbons (Fsp3) is 0.222. The van der Waals surface area contributed by atoms with E-state index in [0.29, 0.717) is 16.3 Å². The second kappa shape index (κ2) is 7.23. The van der Waals surface area contributed by atoms with Gasteiger partial charge in [0.1, 0.15) is 5.92 Å². The van der Waals surface area contributed by atoms with Crippen molar-refractivity contribution in [2.24, 2.45) is 11.8 Å². The summed E-state index contributed by atoms with van der Waals surface area (Å²) in [7, 11) is 0. The fourth-order valence-electron chi connectivity index (χ4n) is 2.26. The van der Waals surface area contributed by atoms with Crippen molar-refractivity contribution < 1.29 is 9.59 Å². The molecule has 0 spiro atoms. The van der Waals surface area contributed by atoms with Crippen LogP contribution in [-0.4, -0.2) is 11.7 Å². The molecule has 22 heavy (non-hydrogen) atoms. The van der Waals surface area contributed by atoms with Crippen LogP contribution < -0.4 is 5.32 Å². The monoisotopic (exact) mass is 315 g/mol. The highest BCUT2D eigenvalue weighted by Crippen LogP contribution is 2.21. The molecule has 2 rings (SSSR count). The normalized spacial score (nSPS) is 12.0. The molecular formula is C18H18ClNO2. The summed E-state index contributed by atoms with van der Waals surface area (Å²) in [5.74, 6) is -1.32. The van der Waals surface area contributed by atoms with E-state index in [2.05, 4.69) is 5.32 Å². The first-order chi connectivity index (χ1) is 10.5. The first kappa shape index (κ1) is 16.2. The molecule has 0 saturated heterocycles. The van der Waals surface area contributed by atoms with Gasteiger partial charge in [-0.15, -0.1) is 0 Å². The van der Waals surface area contributed by atoms with Crippen LogP contribution in [0.2, 0.25) is 5.02 Å². The third-order valence-corrected chi connectivity index (χ3v) is 3.65. The Morgan fingerprint density at radius 1 is 0.955 bits per heavy atom. The van der Waals surface area contributed by atoms with Crippen molar-refractivity contribution >= 4 is 29.0 Å². The van der Waals surface area contributed by atoms with E-state index in [-0.39, 0.29) is 17.6 Å². The molecule has 0 aliphatic heterocycles. The van der Waals surface area contributed by atoms with Crippen molar-refractivity contribution in [1.29, 1.82) is 0 Å². The molecule has 2 aromatic carbocycles. The molecule has 0 saturated carbocycles. The zero-order valence-electron chi connectivity index (χ0n) is 12.5. The third-order valence-electron chi connectivity index (χ3n) is 3.40. The number of hydrogen-bond donors (Lipinski definition) is 1. The Labute approximate surface area is 135 Å². The maximum absolute atomic E-state index is 12.6. The number of benzene rings is 2. The molecule has 2 aromatic rings. The summed E-state index contributed by atoms with van der Waals surface area (Å²) in [6.07, 6.45) is 0. The average molecular weight is 316 g/mol. The van der Waals surface area contributed by atoms with Gasteiger partial charge in [-0.2, -0.15) is 0 Å². The number of ketones is 1. The number of carbonyl (C=O) groups is 2. The Morgan fingerprint density at radius 3 is 2.09 bits per heavy atom. The van der Waals surface area contributed by atoms with Crippen molar-refractivity contribution in [2.75, 3.05) is 5.32 Å². The van der Waals surface area contributed by atoms with Crippen LogP contribution in [0.15, 0.2) is 54.6 Å². The van der Waals surface area contributed by atoms with Crippen molar-refractivity contribution in [1.82, 2.24) is 0 Å². The van der Waals surface area contributed by atoms with Crippen LogP contribution in [0.1, 0.15) is 24.2 Å². The molecule has 0 fully saturated rings. The first-order valence-electron chi connectivity index (χ1n) is 7.14. The number of Topliss-reactive ketones (excluding diaryl/α,β-unsaturated/α-hetero) is 1. The smallest absolute Gasteiger partial charge is 0.235 e. The number of para-hydroxylation sites is 1. The van der Waals surface area contributed by atoms with Gasteiger partial charge in [-0.1, -0.05) is 43.6 Å². The van der Waals surface area contributed by atoms with Crippen LogP contribution in [0.25, 0.3) is 0 Å². The molecule has 0 radical (unpaired) electrons. The number of rotatable bonds is 5. The maximum Gasteiger partial charge on any atom is 0.235 e. The quantitative estimate of drug-likeness (QED) is 0.655. The van der Waals surface area contributed by atoms with E-state index in [1.54, 1.807) is 36.4 Å². The maximum atomic E-state index is 12.6. The molecule has 0 aliphatic carbocycles. The van der Waals surface area contributed by atoms with Crippen LogP contribution in [0.5, 0.6) is 0 Å². The Kier molecular flexibility index (Phi) is 5.34. The van der Waals surface area contributed by atoms with Gasteiger partial charge in [0.05, 0.1) is 0 Å². The molecule has 1 atom stereocenters. The predicted octanol–water partition coefficient (Wildman–Crippen LogP) is 4.43. The lowest BCUT2D eigenvalue weighted by molar-refractivity contribution is -0.119. The second-order valence-corrected chi connectivity index (χ2v) is 5.88. The summed E-state index contributed by atoms with van der Waals surface area (Å²) >= 11 is 5.84. The fourth-order valence-corrected chi connectivity index (χ4v) is 2.39. The molecule has 4 heteroatoms. The summed E-state index contributed by atoms with van der Waals surface area (Å²) in [5.41, 5.74) is 1.17. The number of nitrogens with one attached hydrogen (secondary N) is 1. The van der Waals surface area contributed by atoms with Gasteiger partial charge in [0, 0.05) is 16.3 Å². The van der Waals surface area contributed by atoms with Gasteiger partial charge in [0.15, 0.2) is 5.78 Å². The summed E-state index contributed by atoms with van der Waals surface area (Å²) in [5, 5.41) is 3.36. The van der Waals surface area contributed by atoms with Crippen molar-refractivity contribution in [3.8, 4) is 0 Å². The van der Waals surface area contributed by atoms with Gasteiger partial charge in [-0.25, -0.2) is 0 Å². The van der Waals surface area contributed by atoms with Crippen LogP contribution >= 0.6 is 11.6 Å². The van der Waals surface area contributed by atoms with E-state index in [1.165, 1.54) is 0 Å². The standard InChI is InChI=1S/C18H18ClNO2/c1-12(2)16(17(21)13-8-10-14(19)11-9-13)18(22)20-15-6-4-3-5-7-15/h3-12,16H,1-2H3,(H,20,22). The minimum absolute atomic E-state index is 0.105. The summed E-state index contributed by atoms with van der Waals surface area (Å²) in [6, 6.07) is 15.7. The van der Waals surface area contributed by atoms with Crippen molar-refractivity contribution in [3.63, 3.8) is 0 Å². The van der Waals surface area contributed by atoms with Gasteiger partial charge < -0.3 is 5.32 Å². The molecule has 0 aliphatic rings.